The van der Waals surface area contributed by atoms with Crippen LogP contribution in [-0.2, 0) is 19.6 Å². The van der Waals surface area contributed by atoms with Crippen LogP contribution in [0.5, 0.6) is 0 Å². The van der Waals surface area contributed by atoms with Crippen LogP contribution in [0, 0.1) is 5.41 Å². The van der Waals surface area contributed by atoms with E-state index in [0.717, 1.165) is 12.8 Å². The number of hydrogen-bond acceptors (Lipinski definition) is 4. The molecule has 1 amide bonds. The first-order valence-electron chi connectivity index (χ1n) is 8.09. The molecule has 0 spiro atoms. The minimum absolute atomic E-state index is 0.00505. The van der Waals surface area contributed by atoms with Crippen LogP contribution >= 0.6 is 11.6 Å². The Morgan fingerprint density at radius 3 is 2.40 bits per heavy atom. The van der Waals surface area contributed by atoms with E-state index in [1.807, 2.05) is 6.92 Å². The molecule has 1 rings (SSSR count). The number of halogens is 1. The van der Waals surface area contributed by atoms with Gasteiger partial charge in [0.15, 0.2) is 0 Å². The van der Waals surface area contributed by atoms with E-state index in [9.17, 15) is 18.0 Å². The van der Waals surface area contributed by atoms with Gasteiger partial charge in [-0.3, -0.25) is 9.59 Å². The van der Waals surface area contributed by atoms with Crippen LogP contribution in [0.15, 0.2) is 23.1 Å². The second kappa shape index (κ2) is 8.78. The fourth-order valence-corrected chi connectivity index (χ4v) is 3.10. The Hall–Kier alpha value is -1.44. The number of anilines is 1. The van der Waals surface area contributed by atoms with E-state index < -0.39 is 21.3 Å². The third-order valence-electron chi connectivity index (χ3n) is 3.50. The molecule has 8 heteroatoms. The van der Waals surface area contributed by atoms with Crippen molar-refractivity contribution in [2.45, 2.75) is 51.9 Å². The molecule has 0 saturated carbocycles. The number of rotatable bonds is 8. The first-order chi connectivity index (χ1) is 11.5. The molecule has 1 aromatic carbocycles. The summed E-state index contributed by atoms with van der Waals surface area (Å²) in [6.45, 7) is 7.48. The predicted octanol–water partition coefficient (Wildman–Crippen LogP) is 3.36. The van der Waals surface area contributed by atoms with Crippen molar-refractivity contribution >= 4 is 39.0 Å². The standard InChI is InChI=1S/C17H25ClN2O4S/c1-5-6-9-19-25(23,24)12-7-8-13(18)14(10-12)20-16(22)11-15(21)17(2,3)4/h7-8,10,19H,5-6,9,11H2,1-4H3,(H,20,22). The van der Waals surface area contributed by atoms with Crippen LogP contribution in [0.2, 0.25) is 5.02 Å². The molecule has 0 bridgehead atoms. The Morgan fingerprint density at radius 1 is 1.20 bits per heavy atom. The Labute approximate surface area is 154 Å². The quantitative estimate of drug-likeness (QED) is 0.527. The Bertz CT molecular complexity index is 740. The number of Topliss-reactive ketones (excluding diaryl/α,β-unsaturated/α-hetero) is 1. The zero-order valence-corrected chi connectivity index (χ0v) is 16.6. The fraction of sp³-hybridized carbons (Fsp3) is 0.529. The van der Waals surface area contributed by atoms with Crippen molar-refractivity contribution in [2.24, 2.45) is 5.41 Å². The van der Waals surface area contributed by atoms with Crippen molar-refractivity contribution < 1.29 is 18.0 Å². The molecule has 0 saturated heterocycles. The van der Waals surface area contributed by atoms with Crippen molar-refractivity contribution in [3.63, 3.8) is 0 Å². The number of hydrogen-bond donors (Lipinski definition) is 2. The van der Waals surface area contributed by atoms with E-state index in [2.05, 4.69) is 10.0 Å². The summed E-state index contributed by atoms with van der Waals surface area (Å²) in [6.07, 6.45) is 1.29. The van der Waals surface area contributed by atoms with Crippen molar-refractivity contribution in [3.05, 3.63) is 23.2 Å². The van der Waals surface area contributed by atoms with Gasteiger partial charge in [-0.15, -0.1) is 0 Å². The second-order valence-electron chi connectivity index (χ2n) is 6.79. The normalized spacial score (nSPS) is 12.0. The third-order valence-corrected chi connectivity index (χ3v) is 5.29. The van der Waals surface area contributed by atoms with Gasteiger partial charge in [0.2, 0.25) is 15.9 Å². The second-order valence-corrected chi connectivity index (χ2v) is 8.97. The van der Waals surface area contributed by atoms with Gasteiger partial charge in [-0.1, -0.05) is 45.7 Å². The summed E-state index contributed by atoms with van der Waals surface area (Å²) >= 11 is 6.03. The van der Waals surface area contributed by atoms with Crippen LogP contribution < -0.4 is 10.0 Å². The van der Waals surface area contributed by atoms with E-state index in [-0.39, 0.29) is 27.8 Å². The molecule has 6 nitrogen and oxygen atoms in total. The Kier molecular flexibility index (Phi) is 7.59. The lowest BCUT2D eigenvalue weighted by Gasteiger charge is -2.16. The smallest absolute Gasteiger partial charge is 0.240 e. The molecule has 1 aromatic rings. The minimum atomic E-state index is -3.68. The summed E-state index contributed by atoms with van der Waals surface area (Å²) in [5.41, 5.74) is -0.470. The molecule has 0 fully saturated rings. The number of nitrogens with one attached hydrogen (secondary N) is 2. The molecule has 25 heavy (non-hydrogen) atoms. The minimum Gasteiger partial charge on any atom is -0.324 e. The monoisotopic (exact) mass is 388 g/mol. The van der Waals surface area contributed by atoms with Crippen LogP contribution in [0.25, 0.3) is 0 Å². The van der Waals surface area contributed by atoms with Gasteiger partial charge in [-0.05, 0) is 24.6 Å². The lowest BCUT2D eigenvalue weighted by atomic mass is 9.89. The van der Waals surface area contributed by atoms with Gasteiger partial charge in [0.1, 0.15) is 5.78 Å². The van der Waals surface area contributed by atoms with Crippen LogP contribution in [0.1, 0.15) is 47.0 Å². The highest BCUT2D eigenvalue weighted by Gasteiger charge is 2.24. The van der Waals surface area contributed by atoms with E-state index in [4.69, 9.17) is 11.6 Å². The van der Waals surface area contributed by atoms with E-state index in [0.29, 0.717) is 6.54 Å². The zero-order valence-electron chi connectivity index (χ0n) is 15.0. The van der Waals surface area contributed by atoms with Gasteiger partial charge in [-0.25, -0.2) is 13.1 Å². The highest BCUT2D eigenvalue weighted by molar-refractivity contribution is 7.89. The van der Waals surface area contributed by atoms with Gasteiger partial charge in [0, 0.05) is 12.0 Å². The average Bonchev–Trinajstić information content (AvgIpc) is 2.48. The van der Waals surface area contributed by atoms with E-state index in [1.165, 1.54) is 18.2 Å². The highest BCUT2D eigenvalue weighted by Crippen LogP contribution is 2.26. The van der Waals surface area contributed by atoms with Crippen molar-refractivity contribution in [3.8, 4) is 0 Å². The molecule has 0 radical (unpaired) electrons. The summed E-state index contributed by atoms with van der Waals surface area (Å²) in [6, 6.07) is 4.06. The average molecular weight is 389 g/mol. The number of sulfonamides is 1. The Balaban J connectivity index is 2.91. The maximum atomic E-state index is 12.2. The van der Waals surface area contributed by atoms with Crippen molar-refractivity contribution in [2.75, 3.05) is 11.9 Å². The fourth-order valence-electron chi connectivity index (χ4n) is 1.84. The number of carbonyl (C=O) groups is 2. The van der Waals surface area contributed by atoms with Crippen LogP contribution in [0.3, 0.4) is 0 Å². The van der Waals surface area contributed by atoms with Crippen molar-refractivity contribution in [1.82, 2.24) is 4.72 Å². The summed E-state index contributed by atoms with van der Waals surface area (Å²) in [4.78, 5) is 24.0. The molecular formula is C17H25ClN2O4S. The molecule has 0 aromatic heterocycles. The SMILES string of the molecule is CCCCNS(=O)(=O)c1ccc(Cl)c(NC(=O)CC(=O)C(C)(C)C)c1. The van der Waals surface area contributed by atoms with Crippen LogP contribution in [-0.4, -0.2) is 26.7 Å². The summed E-state index contributed by atoms with van der Waals surface area (Å²) in [7, 11) is -3.68. The van der Waals surface area contributed by atoms with Gasteiger partial charge >= 0.3 is 0 Å². The number of carbonyl (C=O) groups excluding carboxylic acids is 2. The Morgan fingerprint density at radius 2 is 1.84 bits per heavy atom. The largest absolute Gasteiger partial charge is 0.324 e. The molecule has 0 atom stereocenters. The lowest BCUT2D eigenvalue weighted by Crippen LogP contribution is -2.26. The van der Waals surface area contributed by atoms with E-state index in [1.54, 1.807) is 20.8 Å². The predicted molar refractivity (Wildman–Crippen MR) is 99.3 cm³/mol. The number of unbranched alkanes of at least 4 members (excludes halogenated alkanes) is 1. The van der Waals surface area contributed by atoms with Crippen molar-refractivity contribution in [1.29, 1.82) is 0 Å². The van der Waals surface area contributed by atoms with Gasteiger partial charge in [0.25, 0.3) is 0 Å². The molecule has 2 N–H and O–H groups in total. The molecule has 0 unspecified atom stereocenters. The van der Waals surface area contributed by atoms with Gasteiger partial charge in [0.05, 0.1) is 22.0 Å². The number of ketones is 1. The topological polar surface area (TPSA) is 92.3 Å². The molecule has 0 aliphatic rings. The summed E-state index contributed by atoms with van der Waals surface area (Å²) in [5, 5.41) is 2.71. The third kappa shape index (κ3) is 6.76. The molecule has 0 aliphatic heterocycles. The van der Waals surface area contributed by atoms with Gasteiger partial charge < -0.3 is 5.32 Å². The summed E-state index contributed by atoms with van der Waals surface area (Å²) < 4.78 is 27.0. The molecule has 140 valence electrons. The zero-order chi connectivity index (χ0) is 19.3. The maximum Gasteiger partial charge on any atom is 0.240 e. The maximum absolute atomic E-state index is 12.2. The lowest BCUT2D eigenvalue weighted by molar-refractivity contribution is -0.130. The highest BCUT2D eigenvalue weighted by atomic mass is 35.5. The first-order valence-corrected chi connectivity index (χ1v) is 9.96. The first kappa shape index (κ1) is 21.6. The molecule has 0 heterocycles. The number of amides is 1. The molecular weight excluding hydrogens is 364 g/mol. The van der Waals surface area contributed by atoms with E-state index >= 15 is 0 Å². The molecule has 0 aliphatic carbocycles. The number of benzene rings is 1. The summed E-state index contributed by atoms with van der Waals surface area (Å²) in [5.74, 6) is -0.749. The van der Waals surface area contributed by atoms with Crippen LogP contribution in [0.4, 0.5) is 5.69 Å². The van der Waals surface area contributed by atoms with Gasteiger partial charge in [-0.2, -0.15) is 0 Å².